The molecule has 1 fully saturated rings. The van der Waals surface area contributed by atoms with Gasteiger partial charge in [0.1, 0.15) is 5.82 Å². The summed E-state index contributed by atoms with van der Waals surface area (Å²) in [6, 6.07) is 0.311. The Balaban J connectivity index is 1.97. The van der Waals surface area contributed by atoms with Crippen LogP contribution in [0.3, 0.4) is 0 Å². The number of likely N-dealkylation sites (N-methyl/N-ethyl adjacent to an activating group) is 1. The maximum absolute atomic E-state index is 11.6. The second-order valence-electron chi connectivity index (χ2n) is 6.00. The summed E-state index contributed by atoms with van der Waals surface area (Å²) in [4.78, 5) is 4.46. The lowest BCUT2D eigenvalue weighted by molar-refractivity contribution is 0.399. The molecule has 0 amide bonds. The fourth-order valence-corrected chi connectivity index (χ4v) is 5.06. The second kappa shape index (κ2) is 7.40. The monoisotopic (exact) mass is 313 g/mol. The molecule has 120 valence electrons. The van der Waals surface area contributed by atoms with Gasteiger partial charge in [0.15, 0.2) is 9.84 Å². The Hall–Kier alpha value is -0.880. The Labute approximate surface area is 128 Å². The first-order valence-electron chi connectivity index (χ1n) is 7.98. The predicted octanol–water partition coefficient (Wildman–Crippen LogP) is 1.64. The average Bonchev–Trinajstić information content (AvgIpc) is 2.97. The van der Waals surface area contributed by atoms with Crippen molar-refractivity contribution in [1.29, 1.82) is 0 Å². The van der Waals surface area contributed by atoms with Gasteiger partial charge in [0.2, 0.25) is 0 Å². The van der Waals surface area contributed by atoms with Crippen molar-refractivity contribution in [2.45, 2.75) is 52.1 Å². The molecule has 0 aliphatic carbocycles. The molecule has 5 nitrogen and oxygen atoms in total. The van der Waals surface area contributed by atoms with Crippen molar-refractivity contribution in [3.63, 3.8) is 0 Å². The Bertz CT molecular complexity index is 539. The van der Waals surface area contributed by atoms with Crippen LogP contribution in [0.5, 0.6) is 0 Å². The highest BCUT2D eigenvalue weighted by Crippen LogP contribution is 2.24. The number of hydrogen-bond acceptors (Lipinski definition) is 4. The third-order valence-electron chi connectivity index (χ3n) is 4.13. The summed E-state index contributed by atoms with van der Waals surface area (Å²) in [5, 5.41) is 3.50. The number of nitrogens with one attached hydrogen (secondary N) is 1. The van der Waals surface area contributed by atoms with Gasteiger partial charge in [-0.1, -0.05) is 13.8 Å². The zero-order valence-electron chi connectivity index (χ0n) is 13.1. The summed E-state index contributed by atoms with van der Waals surface area (Å²) < 4.78 is 25.4. The zero-order chi connectivity index (χ0) is 15.3. The van der Waals surface area contributed by atoms with E-state index in [0.29, 0.717) is 23.5 Å². The van der Waals surface area contributed by atoms with E-state index in [1.54, 1.807) is 0 Å². The number of aromatic nitrogens is 2. The van der Waals surface area contributed by atoms with Crippen LogP contribution in [-0.4, -0.2) is 42.1 Å². The molecule has 2 atom stereocenters. The van der Waals surface area contributed by atoms with Crippen LogP contribution >= 0.6 is 0 Å². The lowest BCUT2D eigenvalue weighted by atomic mass is 9.97. The predicted molar refractivity (Wildman–Crippen MR) is 85.1 cm³/mol. The molecule has 6 heteroatoms. The second-order valence-corrected chi connectivity index (χ2v) is 8.23. The molecule has 0 spiro atoms. The molecule has 1 saturated heterocycles. The zero-order valence-corrected chi connectivity index (χ0v) is 13.9. The number of nitrogens with zero attached hydrogens (tertiary/aromatic N) is 2. The van der Waals surface area contributed by atoms with Crippen LogP contribution in [0.4, 0.5) is 0 Å². The van der Waals surface area contributed by atoms with Gasteiger partial charge in [-0.05, 0) is 31.7 Å². The quantitative estimate of drug-likeness (QED) is 0.792. The molecule has 0 aromatic carbocycles. The molecule has 2 rings (SSSR count). The summed E-state index contributed by atoms with van der Waals surface area (Å²) >= 11 is 0. The van der Waals surface area contributed by atoms with E-state index in [-0.39, 0.29) is 0 Å². The number of imidazole rings is 1. The summed E-state index contributed by atoms with van der Waals surface area (Å²) in [6.07, 6.45) is 7.59. The van der Waals surface area contributed by atoms with E-state index < -0.39 is 9.84 Å². The molecule has 0 saturated carbocycles. The van der Waals surface area contributed by atoms with Gasteiger partial charge in [-0.25, -0.2) is 13.4 Å². The fourth-order valence-electron chi connectivity index (χ4n) is 3.18. The molecular formula is C15H27N3O2S. The average molecular weight is 313 g/mol. The minimum Gasteiger partial charge on any atom is -0.335 e. The van der Waals surface area contributed by atoms with Crippen LogP contribution < -0.4 is 5.32 Å². The van der Waals surface area contributed by atoms with Gasteiger partial charge in [-0.2, -0.15) is 0 Å². The van der Waals surface area contributed by atoms with Crippen LogP contribution in [0.1, 0.15) is 38.9 Å². The number of hydrogen-bond donors (Lipinski definition) is 1. The van der Waals surface area contributed by atoms with Gasteiger partial charge < -0.3 is 9.88 Å². The van der Waals surface area contributed by atoms with Crippen LogP contribution in [-0.2, 0) is 22.8 Å². The number of rotatable bonds is 8. The van der Waals surface area contributed by atoms with Crippen molar-refractivity contribution in [3.05, 3.63) is 18.2 Å². The van der Waals surface area contributed by atoms with Crippen molar-refractivity contribution in [1.82, 2.24) is 14.9 Å². The largest absolute Gasteiger partial charge is 0.335 e. The lowest BCUT2D eigenvalue weighted by Gasteiger charge is -2.21. The van der Waals surface area contributed by atoms with E-state index in [1.165, 1.54) is 0 Å². The summed E-state index contributed by atoms with van der Waals surface area (Å²) in [5.41, 5.74) is 0. The van der Waals surface area contributed by atoms with Crippen LogP contribution in [0, 0.1) is 5.92 Å². The molecule has 2 heterocycles. The summed E-state index contributed by atoms with van der Waals surface area (Å²) in [6.45, 7) is 6.15. The van der Waals surface area contributed by atoms with Gasteiger partial charge in [-0.15, -0.1) is 0 Å². The van der Waals surface area contributed by atoms with Crippen molar-refractivity contribution in [2.75, 3.05) is 18.1 Å². The highest BCUT2D eigenvalue weighted by atomic mass is 32.2. The molecule has 1 aliphatic rings. The summed E-state index contributed by atoms with van der Waals surface area (Å²) in [7, 11) is -2.78. The Kier molecular flexibility index (Phi) is 5.81. The maximum atomic E-state index is 11.6. The van der Waals surface area contributed by atoms with E-state index in [0.717, 1.165) is 44.6 Å². The van der Waals surface area contributed by atoms with Crippen molar-refractivity contribution < 1.29 is 8.42 Å². The molecule has 1 N–H and O–H groups in total. The van der Waals surface area contributed by atoms with E-state index >= 15 is 0 Å². The van der Waals surface area contributed by atoms with Crippen molar-refractivity contribution in [3.8, 4) is 0 Å². The first-order valence-corrected chi connectivity index (χ1v) is 9.80. The number of sulfone groups is 1. The fraction of sp³-hybridized carbons (Fsp3) is 0.800. The van der Waals surface area contributed by atoms with E-state index in [2.05, 4.69) is 28.7 Å². The molecule has 0 bridgehead atoms. The molecule has 1 aromatic heterocycles. The normalized spacial score (nSPS) is 22.5. The smallest absolute Gasteiger partial charge is 0.150 e. The van der Waals surface area contributed by atoms with E-state index in [4.69, 9.17) is 0 Å². The first-order chi connectivity index (χ1) is 10.0. The van der Waals surface area contributed by atoms with Crippen LogP contribution in [0.25, 0.3) is 0 Å². The van der Waals surface area contributed by atoms with Gasteiger partial charge in [0.05, 0.1) is 11.5 Å². The molecule has 1 aliphatic heterocycles. The third-order valence-corrected chi connectivity index (χ3v) is 5.97. The Morgan fingerprint density at radius 2 is 2.29 bits per heavy atom. The highest BCUT2D eigenvalue weighted by Gasteiger charge is 2.29. The topological polar surface area (TPSA) is 64.0 Å². The minimum absolute atomic E-state index is 0.300. The molecule has 1 aromatic rings. The maximum Gasteiger partial charge on any atom is 0.150 e. The van der Waals surface area contributed by atoms with Gasteiger partial charge in [-0.3, -0.25) is 0 Å². The molecular weight excluding hydrogens is 286 g/mol. The van der Waals surface area contributed by atoms with Crippen molar-refractivity contribution >= 4 is 9.84 Å². The lowest BCUT2D eigenvalue weighted by Crippen LogP contribution is -2.34. The summed E-state index contributed by atoms with van der Waals surface area (Å²) in [5.74, 6) is 2.12. The molecule has 0 radical (unpaired) electrons. The SMILES string of the molecule is CCCn1ccnc1CC(CC1CCS(=O)(=O)C1)NCC. The van der Waals surface area contributed by atoms with Crippen LogP contribution in [0.2, 0.25) is 0 Å². The third kappa shape index (κ3) is 4.81. The van der Waals surface area contributed by atoms with Gasteiger partial charge in [0.25, 0.3) is 0 Å². The van der Waals surface area contributed by atoms with Gasteiger partial charge >= 0.3 is 0 Å². The standard InChI is InChI=1S/C15H27N3O2S/c1-3-7-18-8-6-17-15(18)11-14(16-4-2)10-13-5-9-21(19,20)12-13/h6,8,13-14,16H,3-5,7,9-12H2,1-2H3. The van der Waals surface area contributed by atoms with E-state index in [1.807, 2.05) is 12.4 Å². The minimum atomic E-state index is -2.78. The van der Waals surface area contributed by atoms with Crippen molar-refractivity contribution in [2.24, 2.45) is 5.92 Å². The Morgan fingerprint density at radius 3 is 2.90 bits per heavy atom. The molecule has 21 heavy (non-hydrogen) atoms. The molecule has 2 unspecified atom stereocenters. The first kappa shape index (κ1) is 16.5. The van der Waals surface area contributed by atoms with E-state index in [9.17, 15) is 8.42 Å². The Morgan fingerprint density at radius 1 is 1.48 bits per heavy atom. The van der Waals surface area contributed by atoms with Crippen LogP contribution in [0.15, 0.2) is 12.4 Å². The van der Waals surface area contributed by atoms with Gasteiger partial charge in [0, 0.05) is 31.4 Å². The highest BCUT2D eigenvalue weighted by molar-refractivity contribution is 7.91. The number of aryl methyl sites for hydroxylation is 1.